The molecule has 0 radical (unpaired) electrons. The van der Waals surface area contributed by atoms with Crippen LogP contribution in [0.25, 0.3) is 0 Å². The Kier molecular flexibility index (Phi) is 7.66. The van der Waals surface area contributed by atoms with Crippen LogP contribution in [0.2, 0.25) is 0 Å². The highest BCUT2D eigenvalue weighted by Crippen LogP contribution is 2.42. The largest absolute Gasteiger partial charge is 0.493 e. The van der Waals surface area contributed by atoms with Gasteiger partial charge in [0.1, 0.15) is 12.6 Å². The quantitative estimate of drug-likeness (QED) is 0.197. The van der Waals surface area contributed by atoms with Crippen molar-refractivity contribution in [3.8, 4) is 17.7 Å². The average Bonchev–Trinajstić information content (AvgIpc) is 2.82. The van der Waals surface area contributed by atoms with Crippen molar-refractivity contribution in [2.75, 3.05) is 13.7 Å². The minimum Gasteiger partial charge on any atom is -0.493 e. The number of aliphatic imine (C=N–C) groups is 1. The first-order chi connectivity index (χ1) is 16.4. The standard InChI is InChI=1S/C23H23N5O6/c1-4-33-22(29)20-14(2)26-23(25-13-24)27-21(20)16-10-18(32-3)19(11-17(16)28(30)31)34-12-15-8-6-5-7-9-15/h5-11,21H,4,12H2,1-3H3,(H2,25,26,27)/t21-/m1/s1. The van der Waals surface area contributed by atoms with Gasteiger partial charge in [0.25, 0.3) is 5.69 Å². The van der Waals surface area contributed by atoms with Gasteiger partial charge in [-0.1, -0.05) is 30.3 Å². The second-order valence-electron chi connectivity index (χ2n) is 7.09. The molecular weight excluding hydrogens is 442 g/mol. The number of carbonyl (C=O) groups excluding carboxylic acids is 1. The molecule has 0 aliphatic carbocycles. The maximum atomic E-state index is 12.7. The Bertz CT molecular complexity index is 1190. The third-order valence-electron chi connectivity index (χ3n) is 4.95. The minimum absolute atomic E-state index is 0.0377. The molecule has 1 aliphatic rings. The van der Waals surface area contributed by atoms with E-state index in [1.165, 1.54) is 19.2 Å². The van der Waals surface area contributed by atoms with E-state index in [4.69, 9.17) is 19.5 Å². The van der Waals surface area contributed by atoms with Crippen molar-refractivity contribution < 1.29 is 23.9 Å². The lowest BCUT2D eigenvalue weighted by Crippen LogP contribution is -2.39. The molecule has 1 atom stereocenters. The first kappa shape index (κ1) is 24.1. The van der Waals surface area contributed by atoms with Crippen molar-refractivity contribution >= 4 is 17.6 Å². The second-order valence-corrected chi connectivity index (χ2v) is 7.09. The maximum absolute atomic E-state index is 12.7. The number of rotatable bonds is 8. The van der Waals surface area contributed by atoms with Crippen LogP contribution in [0.15, 0.2) is 58.7 Å². The lowest BCUT2D eigenvalue weighted by atomic mass is 9.94. The van der Waals surface area contributed by atoms with E-state index in [-0.39, 0.29) is 47.5 Å². The number of methoxy groups -OCH3 is 1. The zero-order valence-electron chi connectivity index (χ0n) is 18.8. The number of allylic oxidation sites excluding steroid dienone is 1. The van der Waals surface area contributed by atoms with Crippen LogP contribution < -0.4 is 20.1 Å². The Morgan fingerprint density at radius 2 is 2.03 bits per heavy atom. The summed E-state index contributed by atoms with van der Waals surface area (Å²) in [6.45, 7) is 3.51. The third-order valence-corrected chi connectivity index (χ3v) is 4.95. The molecule has 0 amide bonds. The Morgan fingerprint density at radius 1 is 1.29 bits per heavy atom. The molecule has 0 spiro atoms. The molecule has 0 fully saturated rings. The summed E-state index contributed by atoms with van der Waals surface area (Å²) in [6.07, 6.45) is 1.74. The molecule has 0 aromatic heterocycles. The average molecular weight is 465 g/mol. The number of benzene rings is 2. The molecule has 2 N–H and O–H groups in total. The van der Waals surface area contributed by atoms with E-state index in [1.54, 1.807) is 20.0 Å². The lowest BCUT2D eigenvalue weighted by molar-refractivity contribution is -0.385. The maximum Gasteiger partial charge on any atom is 0.338 e. The van der Waals surface area contributed by atoms with Gasteiger partial charge in [0, 0.05) is 5.70 Å². The van der Waals surface area contributed by atoms with Crippen molar-refractivity contribution in [3.63, 3.8) is 0 Å². The summed E-state index contributed by atoms with van der Waals surface area (Å²) in [7, 11) is 1.40. The van der Waals surface area contributed by atoms with Crippen LogP contribution in [0.1, 0.15) is 31.0 Å². The number of nitro groups is 1. The van der Waals surface area contributed by atoms with Crippen molar-refractivity contribution in [1.29, 1.82) is 5.26 Å². The van der Waals surface area contributed by atoms with Gasteiger partial charge in [-0.05, 0) is 25.5 Å². The molecule has 34 heavy (non-hydrogen) atoms. The van der Waals surface area contributed by atoms with Gasteiger partial charge in [-0.15, -0.1) is 0 Å². The van der Waals surface area contributed by atoms with Gasteiger partial charge in [0.2, 0.25) is 5.96 Å². The topological polar surface area (TPSA) is 148 Å². The summed E-state index contributed by atoms with van der Waals surface area (Å²) in [5.41, 5.74) is 1.04. The summed E-state index contributed by atoms with van der Waals surface area (Å²) >= 11 is 0. The lowest BCUT2D eigenvalue weighted by Gasteiger charge is -2.25. The summed E-state index contributed by atoms with van der Waals surface area (Å²) in [5.74, 6) is -0.264. The van der Waals surface area contributed by atoms with E-state index in [0.717, 1.165) is 5.56 Å². The van der Waals surface area contributed by atoms with Gasteiger partial charge in [-0.2, -0.15) is 5.26 Å². The number of nitrogens with zero attached hydrogens (tertiary/aromatic N) is 3. The number of nitriles is 1. The molecule has 1 heterocycles. The van der Waals surface area contributed by atoms with Gasteiger partial charge in [-0.3, -0.25) is 15.4 Å². The SMILES string of the molecule is CCOC(=O)C1=C(C)NC(NC#N)=N[C@@H]1c1cc(OC)c(OCc2ccccc2)cc1[N+](=O)[O-]. The predicted molar refractivity (Wildman–Crippen MR) is 122 cm³/mol. The van der Waals surface area contributed by atoms with Crippen LogP contribution in [0.4, 0.5) is 5.69 Å². The number of guanidine groups is 1. The summed E-state index contributed by atoms with van der Waals surface area (Å²) < 4.78 is 16.4. The Balaban J connectivity index is 2.11. The van der Waals surface area contributed by atoms with Crippen molar-refractivity contribution in [1.82, 2.24) is 10.6 Å². The number of carbonyl (C=O) groups is 1. The van der Waals surface area contributed by atoms with Crippen molar-refractivity contribution in [3.05, 3.63) is 75.0 Å². The highest BCUT2D eigenvalue weighted by molar-refractivity contribution is 5.96. The summed E-state index contributed by atoms with van der Waals surface area (Å²) in [6, 6.07) is 10.8. The first-order valence-corrected chi connectivity index (χ1v) is 10.3. The Morgan fingerprint density at radius 3 is 2.65 bits per heavy atom. The van der Waals surface area contributed by atoms with Crippen LogP contribution in [0.5, 0.6) is 11.5 Å². The summed E-state index contributed by atoms with van der Waals surface area (Å²) in [4.78, 5) is 28.5. The molecule has 11 nitrogen and oxygen atoms in total. The highest BCUT2D eigenvalue weighted by atomic mass is 16.6. The van der Waals surface area contributed by atoms with Crippen LogP contribution in [0.3, 0.4) is 0 Å². The number of nitro benzene ring substituents is 1. The molecule has 2 aromatic carbocycles. The van der Waals surface area contributed by atoms with Gasteiger partial charge >= 0.3 is 5.97 Å². The molecule has 11 heteroatoms. The molecule has 0 saturated heterocycles. The van der Waals surface area contributed by atoms with E-state index >= 15 is 0 Å². The number of esters is 1. The molecule has 176 valence electrons. The third kappa shape index (κ3) is 5.24. The Labute approximate surface area is 195 Å². The van der Waals surface area contributed by atoms with Crippen LogP contribution in [-0.2, 0) is 16.1 Å². The Hall–Kier alpha value is -4.59. The number of nitrogens with one attached hydrogen (secondary N) is 2. The van der Waals surface area contributed by atoms with Crippen LogP contribution in [-0.4, -0.2) is 30.6 Å². The first-order valence-electron chi connectivity index (χ1n) is 10.3. The van der Waals surface area contributed by atoms with Crippen LogP contribution >= 0.6 is 0 Å². The number of ether oxygens (including phenoxy) is 3. The molecule has 3 rings (SSSR count). The summed E-state index contributed by atoms with van der Waals surface area (Å²) in [5, 5.41) is 26.2. The number of hydrogen-bond acceptors (Lipinski definition) is 10. The molecule has 0 bridgehead atoms. The molecule has 2 aromatic rings. The zero-order chi connectivity index (χ0) is 24.7. The molecule has 0 unspecified atom stereocenters. The zero-order valence-corrected chi connectivity index (χ0v) is 18.8. The fourth-order valence-electron chi connectivity index (χ4n) is 3.44. The fraction of sp³-hybridized carbons (Fsp3) is 0.261. The number of hydrogen-bond donors (Lipinski definition) is 2. The van der Waals surface area contributed by atoms with Gasteiger partial charge in [0.05, 0.1) is 35.8 Å². The van der Waals surface area contributed by atoms with Gasteiger partial charge in [-0.25, -0.2) is 9.79 Å². The molecule has 1 aliphatic heterocycles. The van der Waals surface area contributed by atoms with E-state index in [2.05, 4.69) is 15.6 Å². The van der Waals surface area contributed by atoms with Gasteiger partial charge < -0.3 is 19.5 Å². The fourth-order valence-corrected chi connectivity index (χ4v) is 3.44. The van der Waals surface area contributed by atoms with E-state index in [9.17, 15) is 14.9 Å². The second kappa shape index (κ2) is 10.8. The monoisotopic (exact) mass is 465 g/mol. The van der Waals surface area contributed by atoms with E-state index in [1.807, 2.05) is 30.3 Å². The van der Waals surface area contributed by atoms with Crippen molar-refractivity contribution in [2.45, 2.75) is 26.5 Å². The predicted octanol–water partition coefficient (Wildman–Crippen LogP) is 3.09. The normalized spacial score (nSPS) is 14.9. The van der Waals surface area contributed by atoms with Gasteiger partial charge in [0.15, 0.2) is 17.7 Å². The van der Waals surface area contributed by atoms with E-state index in [0.29, 0.717) is 5.70 Å². The van der Waals surface area contributed by atoms with E-state index < -0.39 is 16.9 Å². The smallest absolute Gasteiger partial charge is 0.338 e. The molecule has 0 saturated carbocycles. The molecular formula is C23H23N5O6. The highest BCUT2D eigenvalue weighted by Gasteiger charge is 2.36. The van der Waals surface area contributed by atoms with Crippen LogP contribution in [0, 0.1) is 21.6 Å². The van der Waals surface area contributed by atoms with Crippen molar-refractivity contribution in [2.24, 2.45) is 4.99 Å². The minimum atomic E-state index is -1.13.